The van der Waals surface area contributed by atoms with Crippen LogP contribution in [-0.2, 0) is 0 Å². The summed E-state index contributed by atoms with van der Waals surface area (Å²) < 4.78 is 0. The minimum atomic E-state index is -0.0509. The fraction of sp³-hybridized carbons (Fsp3) is 1.00. The summed E-state index contributed by atoms with van der Waals surface area (Å²) in [6, 6.07) is 0. The van der Waals surface area contributed by atoms with E-state index in [1.165, 1.54) is 26.2 Å². The van der Waals surface area contributed by atoms with Crippen molar-refractivity contribution in [1.82, 2.24) is 19.6 Å². The predicted molar refractivity (Wildman–Crippen MR) is 105 cm³/mol. The summed E-state index contributed by atoms with van der Waals surface area (Å²) in [4.78, 5) is 8.91. The number of piperazine rings is 1. The highest BCUT2D eigenvalue weighted by Crippen LogP contribution is 2.03. The normalized spacial score (nSPS) is 22.0. The third kappa shape index (κ3) is 16.6. The number of likely N-dealkylation sites (N-methyl/N-ethyl adjacent to an activating group) is 4. The molecule has 0 aromatic carbocycles. The molecule has 0 radical (unpaired) electrons. The molecule has 24 heavy (non-hydrogen) atoms. The molecule has 0 bridgehead atoms. The Morgan fingerprint density at radius 2 is 1.38 bits per heavy atom. The van der Waals surface area contributed by atoms with Crippen LogP contribution in [0.5, 0.6) is 0 Å². The first kappa shape index (κ1) is 26.0. The molecule has 1 atom stereocenters. The van der Waals surface area contributed by atoms with Crippen molar-refractivity contribution in [1.29, 1.82) is 0 Å². The lowest BCUT2D eigenvalue weighted by Gasteiger charge is -2.28. The van der Waals surface area contributed by atoms with Crippen LogP contribution < -0.4 is 0 Å². The summed E-state index contributed by atoms with van der Waals surface area (Å²) in [5.74, 6) is 0. The SMILES string of the molecule is CC.CCN(C)CCO.CN1CCC(O)C1.CN1CCN(C)CC1. The number of aliphatic hydroxyl groups is 2. The van der Waals surface area contributed by atoms with Gasteiger partial charge in [0.25, 0.3) is 0 Å². The Balaban J connectivity index is 0. The first-order valence-electron chi connectivity index (χ1n) is 9.42. The van der Waals surface area contributed by atoms with Gasteiger partial charge in [0.2, 0.25) is 0 Å². The second-order valence-electron chi connectivity index (χ2n) is 6.43. The van der Waals surface area contributed by atoms with Crippen molar-refractivity contribution >= 4 is 0 Å². The second kappa shape index (κ2) is 17.6. The zero-order chi connectivity index (χ0) is 19.0. The van der Waals surface area contributed by atoms with Gasteiger partial charge in [-0.3, -0.25) is 0 Å². The van der Waals surface area contributed by atoms with Crippen molar-refractivity contribution in [3.63, 3.8) is 0 Å². The number of aliphatic hydroxyl groups excluding tert-OH is 2. The van der Waals surface area contributed by atoms with Crippen molar-refractivity contribution in [3.05, 3.63) is 0 Å². The molecule has 2 aliphatic heterocycles. The van der Waals surface area contributed by atoms with Gasteiger partial charge in [-0.15, -0.1) is 0 Å². The molecule has 0 aliphatic carbocycles. The largest absolute Gasteiger partial charge is 0.395 e. The highest BCUT2D eigenvalue weighted by Gasteiger charge is 2.15. The van der Waals surface area contributed by atoms with Crippen molar-refractivity contribution < 1.29 is 10.2 Å². The quantitative estimate of drug-likeness (QED) is 0.775. The van der Waals surface area contributed by atoms with Crippen molar-refractivity contribution in [2.45, 2.75) is 33.3 Å². The number of β-amino-alcohol motifs (C(OH)–C–C–N with tert-alkyl or cyclic N) is 1. The molecular weight excluding hydrogens is 304 g/mol. The van der Waals surface area contributed by atoms with E-state index in [0.29, 0.717) is 0 Å². The van der Waals surface area contributed by atoms with Gasteiger partial charge >= 0.3 is 0 Å². The van der Waals surface area contributed by atoms with Crippen LogP contribution >= 0.6 is 0 Å². The van der Waals surface area contributed by atoms with E-state index in [2.05, 4.69) is 40.6 Å². The highest BCUT2D eigenvalue weighted by molar-refractivity contribution is 4.70. The summed E-state index contributed by atoms with van der Waals surface area (Å²) in [7, 11) is 8.35. The van der Waals surface area contributed by atoms with Gasteiger partial charge in [0, 0.05) is 45.8 Å². The molecule has 0 amide bonds. The maximum Gasteiger partial charge on any atom is 0.0679 e. The molecule has 0 saturated carbocycles. The van der Waals surface area contributed by atoms with Crippen LogP contribution in [0.4, 0.5) is 0 Å². The summed E-state index contributed by atoms with van der Waals surface area (Å²) in [5, 5.41) is 17.2. The Hall–Kier alpha value is -0.240. The van der Waals surface area contributed by atoms with Crippen LogP contribution in [0.1, 0.15) is 27.2 Å². The van der Waals surface area contributed by atoms with Gasteiger partial charge in [0.15, 0.2) is 0 Å². The summed E-state index contributed by atoms with van der Waals surface area (Å²) >= 11 is 0. The molecule has 2 saturated heterocycles. The Morgan fingerprint density at radius 1 is 0.917 bits per heavy atom. The van der Waals surface area contributed by atoms with Gasteiger partial charge in [-0.25, -0.2) is 0 Å². The van der Waals surface area contributed by atoms with Gasteiger partial charge in [0.05, 0.1) is 12.7 Å². The van der Waals surface area contributed by atoms with E-state index in [-0.39, 0.29) is 12.7 Å². The molecule has 6 heteroatoms. The summed E-state index contributed by atoms with van der Waals surface area (Å²) in [6.45, 7) is 15.0. The topological polar surface area (TPSA) is 53.4 Å². The minimum absolute atomic E-state index is 0.0509. The molecular formula is C18H44N4O2. The van der Waals surface area contributed by atoms with E-state index in [4.69, 9.17) is 10.2 Å². The molecule has 2 fully saturated rings. The first-order valence-corrected chi connectivity index (χ1v) is 9.42. The van der Waals surface area contributed by atoms with Crippen LogP contribution in [0, 0.1) is 0 Å². The molecule has 0 spiro atoms. The summed E-state index contributed by atoms with van der Waals surface area (Å²) in [6.07, 6.45) is 0.904. The molecule has 1 unspecified atom stereocenters. The highest BCUT2D eigenvalue weighted by atomic mass is 16.3. The number of hydrogen-bond donors (Lipinski definition) is 2. The molecule has 2 heterocycles. The second-order valence-corrected chi connectivity index (χ2v) is 6.43. The Morgan fingerprint density at radius 3 is 1.54 bits per heavy atom. The van der Waals surface area contributed by atoms with E-state index in [1.54, 1.807) is 0 Å². The lowest BCUT2D eigenvalue weighted by atomic mass is 10.3. The predicted octanol–water partition coefficient (Wildman–Crippen LogP) is 0.503. The standard InChI is InChI=1S/C6H14N2.C5H11NO.C5H13NO.C2H6/c1-7-3-5-8(2)6-4-7;1-6-3-2-5(7)4-6;1-3-6(2)4-5-7;1-2/h3-6H2,1-2H3;5,7H,2-4H2,1H3;7H,3-5H2,1-2H3;1-2H3. The molecule has 0 aromatic heterocycles. The zero-order valence-electron chi connectivity index (χ0n) is 17.3. The van der Waals surface area contributed by atoms with Crippen molar-refractivity contribution in [3.8, 4) is 0 Å². The van der Waals surface area contributed by atoms with Gasteiger partial charge in [0.1, 0.15) is 0 Å². The number of hydrogen-bond acceptors (Lipinski definition) is 6. The molecule has 148 valence electrons. The number of nitrogens with zero attached hydrogens (tertiary/aromatic N) is 4. The van der Waals surface area contributed by atoms with E-state index in [1.807, 2.05) is 27.9 Å². The number of rotatable bonds is 3. The van der Waals surface area contributed by atoms with E-state index >= 15 is 0 Å². The fourth-order valence-electron chi connectivity index (χ4n) is 2.15. The zero-order valence-corrected chi connectivity index (χ0v) is 17.3. The van der Waals surface area contributed by atoms with E-state index in [0.717, 1.165) is 32.6 Å². The van der Waals surface area contributed by atoms with Crippen LogP contribution in [0.15, 0.2) is 0 Å². The Bertz CT molecular complexity index is 228. The molecule has 2 rings (SSSR count). The third-order valence-corrected chi connectivity index (χ3v) is 4.11. The van der Waals surface area contributed by atoms with Crippen molar-refractivity contribution in [2.24, 2.45) is 0 Å². The van der Waals surface area contributed by atoms with E-state index < -0.39 is 0 Å². The monoisotopic (exact) mass is 348 g/mol. The Labute approximate surface area is 151 Å². The third-order valence-electron chi connectivity index (χ3n) is 4.11. The average molecular weight is 349 g/mol. The van der Waals surface area contributed by atoms with Crippen LogP contribution in [0.3, 0.4) is 0 Å². The van der Waals surface area contributed by atoms with Gasteiger partial charge in [-0.1, -0.05) is 20.8 Å². The lowest BCUT2D eigenvalue weighted by molar-refractivity contribution is 0.181. The Kier molecular flexibility index (Phi) is 19.0. The van der Waals surface area contributed by atoms with Gasteiger partial charge in [-0.05, 0) is 41.2 Å². The van der Waals surface area contributed by atoms with Crippen LogP contribution in [0.2, 0.25) is 0 Å². The maximum atomic E-state index is 8.86. The molecule has 2 aliphatic rings. The molecule has 0 aromatic rings. The molecule has 6 nitrogen and oxygen atoms in total. The average Bonchev–Trinajstić information content (AvgIpc) is 2.96. The van der Waals surface area contributed by atoms with Crippen molar-refractivity contribution in [2.75, 3.05) is 87.2 Å². The smallest absolute Gasteiger partial charge is 0.0679 e. The van der Waals surface area contributed by atoms with Gasteiger partial charge < -0.3 is 29.8 Å². The number of likely N-dealkylation sites (tertiary alicyclic amines) is 1. The van der Waals surface area contributed by atoms with Crippen LogP contribution in [0.25, 0.3) is 0 Å². The van der Waals surface area contributed by atoms with Crippen LogP contribution in [-0.4, -0.2) is 123 Å². The maximum absolute atomic E-state index is 8.86. The molecule has 2 N–H and O–H groups in total. The fourth-order valence-corrected chi connectivity index (χ4v) is 2.15. The lowest BCUT2D eigenvalue weighted by Crippen LogP contribution is -2.42. The minimum Gasteiger partial charge on any atom is -0.395 e. The first-order chi connectivity index (χ1) is 11.4. The van der Waals surface area contributed by atoms with E-state index in [9.17, 15) is 0 Å². The van der Waals surface area contributed by atoms with Gasteiger partial charge in [-0.2, -0.15) is 0 Å². The summed E-state index contributed by atoms with van der Waals surface area (Å²) in [5.41, 5.74) is 0.